The molecular formula is C18H19N5O2S. The molecule has 1 aliphatic rings. The summed E-state index contributed by atoms with van der Waals surface area (Å²) in [6.07, 6.45) is 6.39. The van der Waals surface area contributed by atoms with E-state index >= 15 is 0 Å². The molecule has 0 N–H and O–H groups in total. The monoisotopic (exact) mass is 369 g/mol. The summed E-state index contributed by atoms with van der Waals surface area (Å²) in [5.41, 5.74) is 3.69. The van der Waals surface area contributed by atoms with Crippen molar-refractivity contribution in [1.29, 1.82) is 0 Å². The van der Waals surface area contributed by atoms with E-state index in [0.717, 1.165) is 37.1 Å². The molecule has 1 atom stereocenters. The molecule has 0 bridgehead atoms. The van der Waals surface area contributed by atoms with Crippen LogP contribution in [-0.2, 0) is 11.2 Å². The van der Waals surface area contributed by atoms with Crippen molar-refractivity contribution < 1.29 is 9.32 Å². The van der Waals surface area contributed by atoms with E-state index in [1.807, 2.05) is 29.5 Å². The first-order chi connectivity index (χ1) is 12.7. The Bertz CT molecular complexity index is 892. The molecule has 1 aliphatic heterocycles. The number of carbonyl (C=O) groups excluding carboxylic acids is 1. The number of aryl methyl sites for hydroxylation is 2. The average Bonchev–Trinajstić information content (AvgIpc) is 3.40. The lowest BCUT2D eigenvalue weighted by molar-refractivity contribution is -0.132. The minimum atomic E-state index is -0.131. The number of rotatable bonds is 5. The molecule has 1 fully saturated rings. The van der Waals surface area contributed by atoms with Crippen molar-refractivity contribution in [1.82, 2.24) is 25.0 Å². The Morgan fingerprint density at radius 3 is 3.00 bits per heavy atom. The minimum absolute atomic E-state index is 0.129. The predicted molar refractivity (Wildman–Crippen MR) is 96.4 cm³/mol. The zero-order valence-electron chi connectivity index (χ0n) is 14.5. The summed E-state index contributed by atoms with van der Waals surface area (Å²) in [5.74, 6) is 1.17. The lowest BCUT2D eigenvalue weighted by atomic mass is 10.2. The van der Waals surface area contributed by atoms with Gasteiger partial charge in [0.2, 0.25) is 17.6 Å². The highest BCUT2D eigenvalue weighted by Crippen LogP contribution is 2.32. The van der Waals surface area contributed by atoms with Gasteiger partial charge in [-0.3, -0.25) is 9.78 Å². The van der Waals surface area contributed by atoms with E-state index in [1.165, 1.54) is 4.88 Å². The van der Waals surface area contributed by atoms with Gasteiger partial charge in [-0.25, -0.2) is 4.98 Å². The third kappa shape index (κ3) is 3.37. The van der Waals surface area contributed by atoms with Crippen molar-refractivity contribution >= 4 is 17.2 Å². The van der Waals surface area contributed by atoms with Gasteiger partial charge in [0.1, 0.15) is 6.04 Å². The van der Waals surface area contributed by atoms with Crippen molar-refractivity contribution in [3.05, 3.63) is 46.5 Å². The van der Waals surface area contributed by atoms with E-state index in [9.17, 15) is 4.79 Å². The topological polar surface area (TPSA) is 85.0 Å². The molecule has 0 unspecified atom stereocenters. The summed E-state index contributed by atoms with van der Waals surface area (Å²) in [6, 6.07) is 3.54. The van der Waals surface area contributed by atoms with Crippen molar-refractivity contribution in [2.45, 2.75) is 38.6 Å². The molecule has 1 saturated heterocycles. The van der Waals surface area contributed by atoms with Crippen LogP contribution >= 0.6 is 11.3 Å². The van der Waals surface area contributed by atoms with Gasteiger partial charge < -0.3 is 9.42 Å². The number of aromatic nitrogens is 4. The second-order valence-corrected chi connectivity index (χ2v) is 7.24. The lowest BCUT2D eigenvalue weighted by Crippen LogP contribution is -2.30. The Balaban J connectivity index is 1.45. The molecule has 3 aromatic heterocycles. The van der Waals surface area contributed by atoms with E-state index in [1.54, 1.807) is 23.7 Å². The van der Waals surface area contributed by atoms with Gasteiger partial charge in [-0.15, -0.1) is 11.3 Å². The zero-order valence-corrected chi connectivity index (χ0v) is 15.3. The number of amides is 1. The molecule has 0 aromatic carbocycles. The molecule has 7 nitrogen and oxygen atoms in total. The smallest absolute Gasteiger partial charge is 0.249 e. The van der Waals surface area contributed by atoms with Gasteiger partial charge in [0.25, 0.3) is 0 Å². The van der Waals surface area contributed by atoms with E-state index in [2.05, 4.69) is 20.1 Å². The third-order valence-electron chi connectivity index (χ3n) is 4.65. The summed E-state index contributed by atoms with van der Waals surface area (Å²) < 4.78 is 5.47. The summed E-state index contributed by atoms with van der Waals surface area (Å²) in [6.45, 7) is 2.71. The molecule has 134 valence electrons. The fraction of sp³-hybridized carbons (Fsp3) is 0.389. The van der Waals surface area contributed by atoms with Gasteiger partial charge in [0.05, 0.1) is 11.2 Å². The fourth-order valence-electron chi connectivity index (χ4n) is 3.24. The molecule has 26 heavy (non-hydrogen) atoms. The summed E-state index contributed by atoms with van der Waals surface area (Å²) >= 11 is 1.60. The third-order valence-corrected chi connectivity index (χ3v) is 5.64. The second kappa shape index (κ2) is 7.33. The van der Waals surface area contributed by atoms with Crippen LogP contribution in [0.1, 0.15) is 41.8 Å². The largest absolute Gasteiger partial charge is 0.337 e. The maximum Gasteiger partial charge on any atom is 0.249 e. The molecule has 0 spiro atoms. The van der Waals surface area contributed by atoms with E-state index in [-0.39, 0.29) is 11.9 Å². The van der Waals surface area contributed by atoms with Crippen LogP contribution in [0.3, 0.4) is 0 Å². The van der Waals surface area contributed by atoms with Crippen LogP contribution in [0.5, 0.6) is 0 Å². The van der Waals surface area contributed by atoms with Crippen molar-refractivity contribution in [2.24, 2.45) is 0 Å². The molecular weight excluding hydrogens is 350 g/mol. The Morgan fingerprint density at radius 1 is 1.38 bits per heavy atom. The molecule has 0 radical (unpaired) electrons. The van der Waals surface area contributed by atoms with Crippen LogP contribution in [0.2, 0.25) is 0 Å². The number of pyridine rings is 1. The normalized spacial score (nSPS) is 17.0. The summed E-state index contributed by atoms with van der Waals surface area (Å²) in [5, 5.41) is 4.06. The number of hydrogen-bond acceptors (Lipinski definition) is 7. The highest BCUT2D eigenvalue weighted by Gasteiger charge is 2.33. The van der Waals surface area contributed by atoms with Crippen LogP contribution in [0, 0.1) is 6.92 Å². The number of carbonyl (C=O) groups is 1. The molecule has 1 amide bonds. The zero-order chi connectivity index (χ0) is 17.9. The maximum absolute atomic E-state index is 12.7. The van der Waals surface area contributed by atoms with Crippen LogP contribution in [0.25, 0.3) is 11.4 Å². The van der Waals surface area contributed by atoms with E-state index in [4.69, 9.17) is 4.52 Å². The highest BCUT2D eigenvalue weighted by atomic mass is 32.1. The minimum Gasteiger partial charge on any atom is -0.337 e. The predicted octanol–water partition coefficient (Wildman–Crippen LogP) is 3.19. The highest BCUT2D eigenvalue weighted by molar-refractivity contribution is 7.09. The maximum atomic E-state index is 12.7. The molecule has 0 aliphatic carbocycles. The van der Waals surface area contributed by atoms with Crippen LogP contribution in [-0.4, -0.2) is 37.5 Å². The Morgan fingerprint density at radius 2 is 2.23 bits per heavy atom. The second-order valence-electron chi connectivity index (χ2n) is 6.30. The quantitative estimate of drug-likeness (QED) is 0.687. The van der Waals surface area contributed by atoms with Crippen LogP contribution in [0.4, 0.5) is 0 Å². The first kappa shape index (κ1) is 16.8. The van der Waals surface area contributed by atoms with Crippen molar-refractivity contribution in [3.63, 3.8) is 0 Å². The van der Waals surface area contributed by atoms with E-state index < -0.39 is 0 Å². The van der Waals surface area contributed by atoms with Gasteiger partial charge >= 0.3 is 0 Å². The Hall–Kier alpha value is -2.61. The average molecular weight is 369 g/mol. The molecule has 3 aromatic rings. The van der Waals surface area contributed by atoms with Gasteiger partial charge in [-0.1, -0.05) is 5.16 Å². The Kier molecular flexibility index (Phi) is 4.75. The number of thiazole rings is 1. The van der Waals surface area contributed by atoms with Gasteiger partial charge in [-0.05, 0) is 38.3 Å². The van der Waals surface area contributed by atoms with Crippen LogP contribution in [0.15, 0.2) is 34.6 Å². The van der Waals surface area contributed by atoms with Crippen molar-refractivity contribution in [2.75, 3.05) is 6.54 Å². The Labute approximate surface area is 155 Å². The van der Waals surface area contributed by atoms with Gasteiger partial charge in [-0.2, -0.15) is 4.98 Å². The first-order valence-electron chi connectivity index (χ1n) is 8.65. The summed E-state index contributed by atoms with van der Waals surface area (Å²) in [7, 11) is 0. The van der Waals surface area contributed by atoms with Crippen LogP contribution < -0.4 is 0 Å². The first-order valence-corrected chi connectivity index (χ1v) is 9.53. The molecule has 8 heteroatoms. The SMILES string of the molecule is Cc1ncsc1CCC(=O)N1CCC[C@H]1c1nc(-c2ccncc2)no1. The lowest BCUT2D eigenvalue weighted by Gasteiger charge is -2.21. The standard InChI is InChI=1S/C18H19N5O2S/c1-12-15(26-11-20-12)4-5-16(24)23-10-2-3-14(23)18-21-17(22-25-18)13-6-8-19-9-7-13/h6-9,11,14H,2-5,10H2,1H3/t14-/m0/s1. The molecule has 4 heterocycles. The van der Waals surface area contributed by atoms with Crippen molar-refractivity contribution in [3.8, 4) is 11.4 Å². The number of nitrogens with zero attached hydrogens (tertiary/aromatic N) is 5. The molecule has 0 saturated carbocycles. The van der Waals surface area contributed by atoms with Gasteiger partial charge in [0, 0.05) is 35.8 Å². The van der Waals surface area contributed by atoms with Gasteiger partial charge in [0.15, 0.2) is 0 Å². The summed E-state index contributed by atoms with van der Waals surface area (Å²) in [4.78, 5) is 28.5. The number of likely N-dealkylation sites (tertiary alicyclic amines) is 1. The fourth-order valence-corrected chi connectivity index (χ4v) is 4.02. The molecule has 4 rings (SSSR count). The number of hydrogen-bond donors (Lipinski definition) is 0. The van der Waals surface area contributed by atoms with E-state index in [0.29, 0.717) is 18.1 Å².